The normalized spacial score (nSPS) is 12.4. The summed E-state index contributed by atoms with van der Waals surface area (Å²) in [4.78, 5) is 38.0. The highest BCUT2D eigenvalue weighted by Gasteiger charge is 2.19. The van der Waals surface area contributed by atoms with E-state index in [0.29, 0.717) is 19.3 Å². The molecule has 6 nitrogen and oxygen atoms in total. The summed E-state index contributed by atoms with van der Waals surface area (Å²) in [7, 11) is 0. The van der Waals surface area contributed by atoms with Gasteiger partial charge in [0.1, 0.15) is 13.2 Å². The number of unbranched alkanes of at least 4 members (excludes halogenated alkanes) is 31. The average molecular weight is 897 g/mol. The Kier molecular flexibility index (Phi) is 50.8. The Bertz CT molecular complexity index is 1120. The number of esters is 3. The number of allylic oxidation sites excluding steroid dienone is 8. The highest BCUT2D eigenvalue weighted by molar-refractivity contribution is 5.71. The fourth-order valence-electron chi connectivity index (χ4n) is 7.91. The second-order valence-corrected chi connectivity index (χ2v) is 18.5. The van der Waals surface area contributed by atoms with Crippen LogP contribution in [0.25, 0.3) is 0 Å². The largest absolute Gasteiger partial charge is 0.462 e. The van der Waals surface area contributed by atoms with Gasteiger partial charge in [-0.1, -0.05) is 243 Å². The van der Waals surface area contributed by atoms with Crippen LogP contribution in [-0.4, -0.2) is 37.2 Å². The van der Waals surface area contributed by atoms with Crippen molar-refractivity contribution in [3.63, 3.8) is 0 Å². The number of rotatable bonds is 50. The van der Waals surface area contributed by atoms with E-state index >= 15 is 0 Å². The van der Waals surface area contributed by atoms with Crippen molar-refractivity contribution in [2.24, 2.45) is 0 Å². The van der Waals surface area contributed by atoms with Gasteiger partial charge in [-0.25, -0.2) is 0 Å². The monoisotopic (exact) mass is 897 g/mol. The van der Waals surface area contributed by atoms with Gasteiger partial charge in [0.15, 0.2) is 6.10 Å². The molecule has 1 atom stereocenters. The smallest absolute Gasteiger partial charge is 0.306 e. The Labute approximate surface area is 397 Å². The van der Waals surface area contributed by atoms with Crippen LogP contribution >= 0.6 is 0 Å². The Hall–Kier alpha value is -2.63. The third-order valence-electron chi connectivity index (χ3n) is 12.1. The second kappa shape index (κ2) is 53.0. The molecule has 0 aromatic rings. The van der Waals surface area contributed by atoms with Crippen molar-refractivity contribution >= 4 is 17.9 Å². The van der Waals surface area contributed by atoms with Crippen LogP contribution < -0.4 is 0 Å². The third-order valence-corrected chi connectivity index (χ3v) is 12.1. The molecule has 0 heterocycles. The van der Waals surface area contributed by atoms with Gasteiger partial charge >= 0.3 is 17.9 Å². The van der Waals surface area contributed by atoms with E-state index in [9.17, 15) is 14.4 Å². The van der Waals surface area contributed by atoms with Gasteiger partial charge in [0.05, 0.1) is 0 Å². The standard InChI is InChI=1S/C58H104O6/c1-4-7-10-13-16-19-22-24-26-28-29-30-32-33-36-39-42-45-48-51-57(60)63-54-55(53-62-56(59)50-47-44-41-38-35-21-18-15-12-9-6-3)64-58(61)52-49-46-43-40-37-34-31-27-25-23-20-17-14-11-8-5-2/h8,11,15,17-18,20,25,27,55H,4-7,9-10,12-14,16,19,21-24,26,28-54H2,1-3H3/b11-8-,18-15-,20-17-,27-25-. The zero-order chi connectivity index (χ0) is 46.5. The second-order valence-electron chi connectivity index (χ2n) is 18.5. The number of carbonyl (C=O) groups excluding carboxylic acids is 3. The van der Waals surface area contributed by atoms with Gasteiger partial charge in [0, 0.05) is 19.3 Å². The van der Waals surface area contributed by atoms with E-state index in [0.717, 1.165) is 96.3 Å². The highest BCUT2D eigenvalue weighted by atomic mass is 16.6. The van der Waals surface area contributed by atoms with Crippen LogP contribution in [0, 0.1) is 0 Å². The quantitative estimate of drug-likeness (QED) is 0.0262. The molecule has 0 radical (unpaired) electrons. The lowest BCUT2D eigenvalue weighted by atomic mass is 10.0. The molecule has 0 N–H and O–H groups in total. The van der Waals surface area contributed by atoms with E-state index in [1.165, 1.54) is 148 Å². The summed E-state index contributed by atoms with van der Waals surface area (Å²) in [6.45, 7) is 6.50. The first kappa shape index (κ1) is 61.4. The summed E-state index contributed by atoms with van der Waals surface area (Å²) >= 11 is 0. The van der Waals surface area contributed by atoms with Crippen molar-refractivity contribution in [2.75, 3.05) is 13.2 Å². The molecule has 0 rings (SSSR count). The first-order valence-corrected chi connectivity index (χ1v) is 27.6. The molecule has 0 aliphatic rings. The summed E-state index contributed by atoms with van der Waals surface area (Å²) in [5.41, 5.74) is 0. The Morgan fingerprint density at radius 2 is 0.625 bits per heavy atom. The van der Waals surface area contributed by atoms with Gasteiger partial charge in [-0.2, -0.15) is 0 Å². The fourth-order valence-corrected chi connectivity index (χ4v) is 7.91. The van der Waals surface area contributed by atoms with Crippen LogP contribution in [0.5, 0.6) is 0 Å². The van der Waals surface area contributed by atoms with Crippen molar-refractivity contribution in [1.82, 2.24) is 0 Å². The third kappa shape index (κ3) is 50.4. The molecule has 0 bridgehead atoms. The number of ether oxygens (including phenoxy) is 3. The maximum Gasteiger partial charge on any atom is 0.306 e. The van der Waals surface area contributed by atoms with Gasteiger partial charge in [0.25, 0.3) is 0 Å². The molecule has 0 spiro atoms. The van der Waals surface area contributed by atoms with Crippen LogP contribution in [0.4, 0.5) is 0 Å². The molecule has 0 aromatic carbocycles. The zero-order valence-electron chi connectivity index (χ0n) is 42.6. The minimum atomic E-state index is -0.780. The van der Waals surface area contributed by atoms with Crippen molar-refractivity contribution in [1.29, 1.82) is 0 Å². The van der Waals surface area contributed by atoms with Crippen molar-refractivity contribution < 1.29 is 28.6 Å². The molecule has 1 unspecified atom stereocenters. The molecule has 0 aliphatic carbocycles. The first-order chi connectivity index (χ1) is 31.5. The SMILES string of the molecule is CC/C=C\C/C=C\C/C=C\CCCCCCCCC(=O)OC(COC(=O)CCCCCCC/C=C\CCCC)COC(=O)CCCCCCCCCCCCCCCCCCCCC. The lowest BCUT2D eigenvalue weighted by Crippen LogP contribution is -2.30. The molecule has 64 heavy (non-hydrogen) atoms. The summed E-state index contributed by atoms with van der Waals surface area (Å²) in [5.74, 6) is -0.890. The molecule has 0 aliphatic heterocycles. The average Bonchev–Trinajstić information content (AvgIpc) is 3.29. The molecule has 0 fully saturated rings. The van der Waals surface area contributed by atoms with Gasteiger partial charge in [-0.15, -0.1) is 0 Å². The minimum Gasteiger partial charge on any atom is -0.462 e. The predicted octanol–water partition coefficient (Wildman–Crippen LogP) is 18.3. The maximum atomic E-state index is 12.8. The van der Waals surface area contributed by atoms with Crippen LogP contribution in [-0.2, 0) is 28.6 Å². The van der Waals surface area contributed by atoms with Crippen LogP contribution in [0.15, 0.2) is 48.6 Å². The summed E-state index contributed by atoms with van der Waals surface area (Å²) in [6.07, 6.45) is 63.9. The summed E-state index contributed by atoms with van der Waals surface area (Å²) in [6, 6.07) is 0. The van der Waals surface area contributed by atoms with E-state index in [-0.39, 0.29) is 31.1 Å². The molecule has 6 heteroatoms. The molecular formula is C58H104O6. The predicted molar refractivity (Wildman–Crippen MR) is 275 cm³/mol. The molecular weight excluding hydrogens is 793 g/mol. The number of hydrogen-bond acceptors (Lipinski definition) is 6. The number of hydrogen-bond donors (Lipinski definition) is 0. The van der Waals surface area contributed by atoms with E-state index in [4.69, 9.17) is 14.2 Å². The van der Waals surface area contributed by atoms with E-state index in [2.05, 4.69) is 69.4 Å². The zero-order valence-corrected chi connectivity index (χ0v) is 42.6. The van der Waals surface area contributed by atoms with E-state index in [1.54, 1.807) is 0 Å². The fraction of sp³-hybridized carbons (Fsp3) is 0.810. The van der Waals surface area contributed by atoms with Crippen LogP contribution in [0.1, 0.15) is 284 Å². The van der Waals surface area contributed by atoms with Gasteiger partial charge in [-0.05, 0) is 70.6 Å². The van der Waals surface area contributed by atoms with E-state index < -0.39 is 6.10 Å². The maximum absolute atomic E-state index is 12.8. The number of carbonyl (C=O) groups is 3. The van der Waals surface area contributed by atoms with Gasteiger partial charge in [-0.3, -0.25) is 14.4 Å². The summed E-state index contributed by atoms with van der Waals surface area (Å²) in [5, 5.41) is 0. The lowest BCUT2D eigenvalue weighted by molar-refractivity contribution is -0.167. The minimum absolute atomic E-state index is 0.0785. The summed E-state index contributed by atoms with van der Waals surface area (Å²) < 4.78 is 16.8. The van der Waals surface area contributed by atoms with Crippen molar-refractivity contribution in [3.05, 3.63) is 48.6 Å². The van der Waals surface area contributed by atoms with Crippen molar-refractivity contribution in [2.45, 2.75) is 290 Å². The van der Waals surface area contributed by atoms with Gasteiger partial charge < -0.3 is 14.2 Å². The molecule has 372 valence electrons. The van der Waals surface area contributed by atoms with Crippen molar-refractivity contribution in [3.8, 4) is 0 Å². The molecule has 0 saturated carbocycles. The highest BCUT2D eigenvalue weighted by Crippen LogP contribution is 2.16. The van der Waals surface area contributed by atoms with Crippen LogP contribution in [0.2, 0.25) is 0 Å². The molecule has 0 aromatic heterocycles. The van der Waals surface area contributed by atoms with Gasteiger partial charge in [0.2, 0.25) is 0 Å². The topological polar surface area (TPSA) is 78.9 Å². The Balaban J connectivity index is 4.32. The van der Waals surface area contributed by atoms with Crippen LogP contribution in [0.3, 0.4) is 0 Å². The molecule has 0 amide bonds. The molecule has 0 saturated heterocycles. The Morgan fingerprint density at radius 1 is 0.328 bits per heavy atom. The Morgan fingerprint density at radius 3 is 1.02 bits per heavy atom. The first-order valence-electron chi connectivity index (χ1n) is 27.6. The van der Waals surface area contributed by atoms with E-state index in [1.807, 2.05) is 0 Å². The lowest BCUT2D eigenvalue weighted by Gasteiger charge is -2.18.